The summed E-state index contributed by atoms with van der Waals surface area (Å²) in [5.41, 5.74) is -2.38. The van der Waals surface area contributed by atoms with Crippen LogP contribution in [0.1, 0.15) is 28.7 Å². The van der Waals surface area contributed by atoms with Crippen LogP contribution in [0.15, 0.2) is 23.2 Å². The van der Waals surface area contributed by atoms with Gasteiger partial charge in [0, 0.05) is 31.3 Å². The Labute approximate surface area is 154 Å². The summed E-state index contributed by atoms with van der Waals surface area (Å²) in [7, 11) is 2.24. The molecule has 0 fully saturated rings. The number of anilines is 1. The number of thioether (sulfide) groups is 1. The zero-order valence-electron chi connectivity index (χ0n) is 14.3. The minimum atomic E-state index is -4.67. The van der Waals surface area contributed by atoms with Gasteiger partial charge in [0.1, 0.15) is 11.4 Å². The number of halogens is 6. The normalized spacial score (nSPS) is 12.3. The summed E-state index contributed by atoms with van der Waals surface area (Å²) in [5, 5.41) is 3.64. The van der Waals surface area contributed by atoms with Crippen LogP contribution >= 0.6 is 11.8 Å². The molecule has 0 atom stereocenters. The molecule has 0 aliphatic heterocycles. The van der Waals surface area contributed by atoms with E-state index < -0.39 is 29.5 Å². The number of nitrogens with zero attached hydrogens (tertiary/aromatic N) is 4. The van der Waals surface area contributed by atoms with Crippen molar-refractivity contribution in [3.05, 3.63) is 35.3 Å². The molecule has 2 rings (SSSR count). The Morgan fingerprint density at radius 2 is 1.81 bits per heavy atom. The number of alkyl halides is 6. The molecule has 0 unspecified atom stereocenters. The standard InChI is InChI=1S/C15H14F6N4OS/c1-4-27-9-5-8(14(16,17)18)7-22-12(9)13(26)24(2)11-6-10(15(19,20)21)25(3)23-11/h5-7H,4H2,1-3H3. The minimum absolute atomic E-state index is 0.0175. The molecule has 1 amide bonds. The Balaban J connectivity index is 2.42. The molecule has 0 N–H and O–H groups in total. The van der Waals surface area contributed by atoms with Crippen LogP contribution in [0.25, 0.3) is 0 Å². The molecule has 0 saturated heterocycles. The van der Waals surface area contributed by atoms with Gasteiger partial charge >= 0.3 is 12.4 Å². The monoisotopic (exact) mass is 412 g/mol. The SMILES string of the molecule is CCSc1cc(C(F)(F)F)cnc1C(=O)N(C)c1cc(C(F)(F)F)n(C)n1. The van der Waals surface area contributed by atoms with Crippen molar-refractivity contribution < 1.29 is 31.1 Å². The molecule has 0 saturated carbocycles. The largest absolute Gasteiger partial charge is 0.433 e. The van der Waals surface area contributed by atoms with E-state index >= 15 is 0 Å². The van der Waals surface area contributed by atoms with E-state index in [2.05, 4.69) is 10.1 Å². The van der Waals surface area contributed by atoms with Crippen molar-refractivity contribution in [2.75, 3.05) is 17.7 Å². The lowest BCUT2D eigenvalue weighted by atomic mass is 10.2. The lowest BCUT2D eigenvalue weighted by Crippen LogP contribution is -2.28. The molecule has 2 heterocycles. The van der Waals surface area contributed by atoms with Gasteiger partial charge in [0.25, 0.3) is 5.91 Å². The number of hydrogen-bond acceptors (Lipinski definition) is 4. The molecule has 5 nitrogen and oxygen atoms in total. The summed E-state index contributed by atoms with van der Waals surface area (Å²) >= 11 is 0.970. The number of carbonyl (C=O) groups is 1. The van der Waals surface area contributed by atoms with Crippen LogP contribution in [0.2, 0.25) is 0 Å². The van der Waals surface area contributed by atoms with Crippen molar-refractivity contribution in [2.24, 2.45) is 7.05 Å². The van der Waals surface area contributed by atoms with Gasteiger partial charge in [-0.3, -0.25) is 14.4 Å². The fourth-order valence-corrected chi connectivity index (χ4v) is 2.97. The van der Waals surface area contributed by atoms with Crippen LogP contribution in [0.3, 0.4) is 0 Å². The van der Waals surface area contributed by atoms with Crippen LogP contribution in [0.5, 0.6) is 0 Å². The van der Waals surface area contributed by atoms with Crippen LogP contribution in [-0.2, 0) is 19.4 Å². The highest BCUT2D eigenvalue weighted by Gasteiger charge is 2.36. The molecule has 2 aromatic heterocycles. The highest BCUT2D eigenvalue weighted by Crippen LogP contribution is 2.34. The third kappa shape index (κ3) is 4.54. The molecule has 0 spiro atoms. The van der Waals surface area contributed by atoms with E-state index in [9.17, 15) is 31.1 Å². The molecule has 12 heteroatoms. The average Bonchev–Trinajstić information content (AvgIpc) is 2.95. The van der Waals surface area contributed by atoms with E-state index in [1.165, 1.54) is 7.05 Å². The molecule has 0 radical (unpaired) electrons. The van der Waals surface area contributed by atoms with Gasteiger partial charge in [-0.2, -0.15) is 31.4 Å². The Hall–Kier alpha value is -2.24. The van der Waals surface area contributed by atoms with Crippen molar-refractivity contribution in [2.45, 2.75) is 24.2 Å². The number of aromatic nitrogens is 3. The molecule has 27 heavy (non-hydrogen) atoms. The van der Waals surface area contributed by atoms with E-state index in [-0.39, 0.29) is 16.4 Å². The second-order valence-corrected chi connectivity index (χ2v) is 6.68. The lowest BCUT2D eigenvalue weighted by Gasteiger charge is -2.17. The van der Waals surface area contributed by atoms with Crippen LogP contribution in [-0.4, -0.2) is 33.5 Å². The van der Waals surface area contributed by atoms with Gasteiger partial charge in [-0.05, 0) is 11.8 Å². The number of aryl methyl sites for hydroxylation is 1. The highest BCUT2D eigenvalue weighted by molar-refractivity contribution is 7.99. The van der Waals surface area contributed by atoms with E-state index in [1.54, 1.807) is 6.92 Å². The first-order valence-corrected chi connectivity index (χ1v) is 8.44. The van der Waals surface area contributed by atoms with E-state index in [1.807, 2.05) is 0 Å². The van der Waals surface area contributed by atoms with Gasteiger partial charge in [0.05, 0.1) is 5.56 Å². The molecular weight excluding hydrogens is 398 g/mol. The lowest BCUT2D eigenvalue weighted by molar-refractivity contribution is -0.143. The topological polar surface area (TPSA) is 51.0 Å². The molecular formula is C15H14F6N4OS. The molecule has 0 bridgehead atoms. The Morgan fingerprint density at radius 3 is 2.30 bits per heavy atom. The molecule has 2 aromatic rings. The van der Waals surface area contributed by atoms with Crippen molar-refractivity contribution in [1.29, 1.82) is 0 Å². The third-order valence-corrected chi connectivity index (χ3v) is 4.40. The van der Waals surface area contributed by atoms with E-state index in [0.29, 0.717) is 22.7 Å². The Bertz CT molecular complexity index is 846. The highest BCUT2D eigenvalue weighted by atomic mass is 32.2. The third-order valence-electron chi connectivity index (χ3n) is 3.49. The van der Waals surface area contributed by atoms with Gasteiger partial charge in [0.2, 0.25) is 0 Å². The Morgan fingerprint density at radius 1 is 1.19 bits per heavy atom. The van der Waals surface area contributed by atoms with Gasteiger partial charge in [-0.15, -0.1) is 11.8 Å². The summed E-state index contributed by atoms with van der Waals surface area (Å²) in [6.07, 6.45) is -8.79. The van der Waals surface area contributed by atoms with Crippen LogP contribution in [0, 0.1) is 0 Å². The van der Waals surface area contributed by atoms with Crippen molar-refractivity contribution in [3.63, 3.8) is 0 Å². The number of carbonyl (C=O) groups excluding carboxylic acids is 1. The first-order valence-electron chi connectivity index (χ1n) is 7.45. The first kappa shape index (κ1) is 21.1. The van der Waals surface area contributed by atoms with Crippen molar-refractivity contribution >= 4 is 23.5 Å². The van der Waals surface area contributed by atoms with Gasteiger partial charge < -0.3 is 0 Å². The predicted octanol–water partition coefficient (Wildman–Crippen LogP) is 4.24. The maximum absolute atomic E-state index is 12.9. The number of hydrogen-bond donors (Lipinski definition) is 0. The number of rotatable bonds is 4. The Kier molecular flexibility index (Phi) is 5.78. The average molecular weight is 412 g/mol. The first-order chi connectivity index (χ1) is 12.4. The molecule has 148 valence electrons. The quantitative estimate of drug-likeness (QED) is 0.557. The van der Waals surface area contributed by atoms with Crippen LogP contribution < -0.4 is 4.90 Å². The second kappa shape index (κ2) is 7.41. The summed E-state index contributed by atoms with van der Waals surface area (Å²) < 4.78 is 77.8. The smallest absolute Gasteiger partial charge is 0.293 e. The van der Waals surface area contributed by atoms with Crippen LogP contribution in [0.4, 0.5) is 32.2 Å². The zero-order valence-corrected chi connectivity index (χ0v) is 15.1. The van der Waals surface area contributed by atoms with Gasteiger partial charge in [-0.1, -0.05) is 6.92 Å². The zero-order chi connectivity index (χ0) is 20.6. The van der Waals surface area contributed by atoms with Gasteiger partial charge in [-0.25, -0.2) is 4.98 Å². The fraction of sp³-hybridized carbons (Fsp3) is 0.400. The summed E-state index contributed by atoms with van der Waals surface area (Å²) in [4.78, 5) is 17.0. The summed E-state index contributed by atoms with van der Waals surface area (Å²) in [6, 6.07) is 1.47. The number of amides is 1. The molecule has 0 aliphatic rings. The van der Waals surface area contributed by atoms with E-state index in [0.717, 1.165) is 29.8 Å². The summed E-state index contributed by atoms with van der Waals surface area (Å²) in [5.74, 6) is -0.801. The fourth-order valence-electron chi connectivity index (χ4n) is 2.17. The van der Waals surface area contributed by atoms with Gasteiger partial charge in [0.15, 0.2) is 5.82 Å². The molecule has 0 aliphatic carbocycles. The molecule has 0 aromatic carbocycles. The summed E-state index contributed by atoms with van der Waals surface area (Å²) in [6.45, 7) is 1.68. The van der Waals surface area contributed by atoms with Crippen molar-refractivity contribution in [1.82, 2.24) is 14.8 Å². The van der Waals surface area contributed by atoms with E-state index in [4.69, 9.17) is 0 Å². The maximum Gasteiger partial charge on any atom is 0.433 e. The minimum Gasteiger partial charge on any atom is -0.293 e. The predicted molar refractivity (Wildman–Crippen MR) is 86.6 cm³/mol. The number of pyridine rings is 1. The maximum atomic E-state index is 12.9. The van der Waals surface area contributed by atoms with Crippen molar-refractivity contribution in [3.8, 4) is 0 Å². The second-order valence-electron chi connectivity index (χ2n) is 5.37.